The Morgan fingerprint density at radius 2 is 1.90 bits per heavy atom. The average molecular weight is 438 g/mol. The molecule has 0 bridgehead atoms. The molecule has 2 heterocycles. The number of benzene rings is 1. The summed E-state index contributed by atoms with van der Waals surface area (Å²) in [5, 5.41) is 20.6. The molecule has 2 aromatic rings. The number of hydrogen-bond acceptors (Lipinski definition) is 7. The molecule has 9 nitrogen and oxygen atoms in total. The summed E-state index contributed by atoms with van der Waals surface area (Å²) in [6.07, 6.45) is 0.912. The zero-order valence-electron chi connectivity index (χ0n) is 17.0. The second-order valence-electron chi connectivity index (χ2n) is 7.84. The molecule has 1 aromatic heterocycles. The van der Waals surface area contributed by atoms with Gasteiger partial charge in [-0.15, -0.1) is 0 Å². The van der Waals surface area contributed by atoms with E-state index in [4.69, 9.17) is 5.11 Å². The van der Waals surface area contributed by atoms with Gasteiger partial charge in [0.15, 0.2) is 17.4 Å². The number of aromatic nitrogens is 1. The van der Waals surface area contributed by atoms with Crippen LogP contribution >= 0.6 is 0 Å². The zero-order valence-corrected chi connectivity index (χ0v) is 17.0. The van der Waals surface area contributed by atoms with Gasteiger partial charge in [0.05, 0.1) is 29.4 Å². The number of halogens is 2. The second kappa shape index (κ2) is 8.31. The molecule has 1 aromatic carbocycles. The number of aliphatic hydroxyl groups excluding tert-OH is 1. The van der Waals surface area contributed by atoms with Gasteiger partial charge in [-0.05, 0) is 19.9 Å². The van der Waals surface area contributed by atoms with Crippen LogP contribution < -0.4 is 20.4 Å². The minimum absolute atomic E-state index is 0.0767. The average Bonchev–Trinajstić information content (AvgIpc) is 3.56. The van der Waals surface area contributed by atoms with E-state index in [1.807, 2.05) is 11.9 Å². The van der Waals surface area contributed by atoms with E-state index in [-0.39, 0.29) is 41.5 Å². The van der Waals surface area contributed by atoms with E-state index < -0.39 is 29.0 Å². The topological polar surface area (TPSA) is 107 Å². The Kier molecular flexibility index (Phi) is 5.71. The van der Waals surface area contributed by atoms with Crippen molar-refractivity contribution < 1.29 is 28.5 Å². The van der Waals surface area contributed by atoms with Crippen LogP contribution in [0, 0.1) is 11.6 Å². The van der Waals surface area contributed by atoms with E-state index in [0.29, 0.717) is 39.0 Å². The highest BCUT2D eigenvalue weighted by atomic mass is 19.1. The lowest BCUT2D eigenvalue weighted by Crippen LogP contribution is -2.45. The smallest absolute Gasteiger partial charge is 0.449 e. The van der Waals surface area contributed by atoms with E-state index in [1.54, 1.807) is 4.90 Å². The van der Waals surface area contributed by atoms with Crippen molar-refractivity contribution in [2.24, 2.45) is 0 Å². The minimum atomic E-state index is -1.70. The highest BCUT2D eigenvalue weighted by Crippen LogP contribution is 2.43. The molecule has 1 aliphatic carbocycles. The predicted octanol–water partition coefficient (Wildman–Crippen LogP) is 1.83. The first-order chi connectivity index (χ1) is 14.8. The van der Waals surface area contributed by atoms with Crippen LogP contribution in [-0.4, -0.2) is 72.2 Å². The number of pyridine rings is 1. The van der Waals surface area contributed by atoms with Gasteiger partial charge < -0.3 is 34.6 Å². The fraction of sp³-hybridized carbons (Fsp3) is 0.500. The van der Waals surface area contributed by atoms with Crippen LogP contribution in [-0.2, 0) is 0 Å². The molecule has 168 valence electrons. The van der Waals surface area contributed by atoms with Crippen LogP contribution in [0.1, 0.15) is 18.9 Å². The van der Waals surface area contributed by atoms with Crippen molar-refractivity contribution in [1.29, 1.82) is 0 Å². The largest absolute Gasteiger partial charge is 0.511 e. The molecule has 1 aliphatic heterocycles. The fourth-order valence-electron chi connectivity index (χ4n) is 3.96. The van der Waals surface area contributed by atoms with Crippen molar-refractivity contribution in [3.05, 3.63) is 28.1 Å². The molecule has 3 N–H and O–H groups in total. The van der Waals surface area contributed by atoms with Crippen molar-refractivity contribution in [2.45, 2.75) is 18.9 Å². The number of likely N-dealkylation sites (N-methyl/N-ethyl adjacent to an activating group) is 1. The maximum atomic E-state index is 15.8. The van der Waals surface area contributed by atoms with Gasteiger partial charge in [0, 0.05) is 38.8 Å². The molecule has 0 unspecified atom stereocenters. The predicted molar refractivity (Wildman–Crippen MR) is 110 cm³/mol. The first kappa shape index (κ1) is 21.3. The lowest BCUT2D eigenvalue weighted by atomic mass is 10.1. The molecule has 1 saturated heterocycles. The molecule has 31 heavy (non-hydrogen) atoms. The third kappa shape index (κ3) is 3.90. The maximum absolute atomic E-state index is 15.8. The molecule has 0 radical (unpaired) electrons. The number of fused-ring (bicyclic) bond motifs is 1. The fourth-order valence-corrected chi connectivity index (χ4v) is 3.96. The molecule has 1 saturated carbocycles. The summed E-state index contributed by atoms with van der Waals surface area (Å²) in [6.45, 7) is 1.64. The Hall–Kier alpha value is -2.92. The number of hydrogen-bond donors (Lipinski definition) is 3. The Labute approximate surface area is 176 Å². The summed E-state index contributed by atoms with van der Waals surface area (Å²) in [6, 6.07) is -0.148. The third-order valence-corrected chi connectivity index (χ3v) is 5.67. The monoisotopic (exact) mass is 438 g/mol. The van der Waals surface area contributed by atoms with Crippen molar-refractivity contribution in [2.75, 3.05) is 56.6 Å². The number of aliphatic hydroxyl groups is 1. The molecule has 2 fully saturated rings. The van der Waals surface area contributed by atoms with Crippen LogP contribution in [0.15, 0.2) is 11.0 Å². The number of carbonyl (C=O) groups is 1. The highest BCUT2D eigenvalue weighted by Gasteiger charge is 2.33. The first-order valence-electron chi connectivity index (χ1n) is 10.1. The number of piperazine rings is 1. The number of carboxylic acid groups (broad SMARTS) is 1. The van der Waals surface area contributed by atoms with E-state index in [1.165, 1.54) is 10.8 Å². The number of nitrogens with zero attached hydrogens (tertiary/aromatic N) is 3. The Morgan fingerprint density at radius 1 is 1.23 bits per heavy atom. The van der Waals surface area contributed by atoms with Gasteiger partial charge >= 0.3 is 6.16 Å². The van der Waals surface area contributed by atoms with E-state index in [0.717, 1.165) is 0 Å². The van der Waals surface area contributed by atoms with Crippen molar-refractivity contribution in [3.8, 4) is 5.75 Å². The standard InChI is InChI=1S/C20H24F2N4O5/c1-24-5-7-25(8-6-24)18-14(21)16(23-4-9-27)13-17(15(18)22)26(11-2-3-11)10-12(19(13)28)31-20(29)30/h10-11,23,27H,2-9H2,1H3,(H,29,30). The summed E-state index contributed by atoms with van der Waals surface area (Å²) in [5.74, 6) is -2.34. The highest BCUT2D eigenvalue weighted by molar-refractivity contribution is 5.97. The molecule has 0 amide bonds. The molecule has 4 rings (SSSR count). The second-order valence-corrected chi connectivity index (χ2v) is 7.84. The summed E-state index contributed by atoms with van der Waals surface area (Å²) >= 11 is 0. The number of anilines is 2. The Morgan fingerprint density at radius 3 is 2.48 bits per heavy atom. The van der Waals surface area contributed by atoms with E-state index >= 15 is 8.78 Å². The number of nitrogens with one attached hydrogen (secondary N) is 1. The van der Waals surface area contributed by atoms with Crippen LogP contribution in [0.5, 0.6) is 5.75 Å². The van der Waals surface area contributed by atoms with Gasteiger partial charge in [-0.2, -0.15) is 0 Å². The first-order valence-corrected chi connectivity index (χ1v) is 10.1. The van der Waals surface area contributed by atoms with E-state index in [2.05, 4.69) is 10.1 Å². The zero-order chi connectivity index (χ0) is 22.3. The molecule has 0 spiro atoms. The normalized spacial score (nSPS) is 17.2. The molecule has 2 aliphatic rings. The summed E-state index contributed by atoms with van der Waals surface area (Å²) in [4.78, 5) is 27.7. The molecule has 11 heteroatoms. The molecular weight excluding hydrogens is 414 g/mol. The third-order valence-electron chi connectivity index (χ3n) is 5.67. The van der Waals surface area contributed by atoms with Gasteiger partial charge in [0.25, 0.3) is 0 Å². The van der Waals surface area contributed by atoms with Crippen molar-refractivity contribution >= 4 is 28.4 Å². The van der Waals surface area contributed by atoms with Crippen LogP contribution in [0.4, 0.5) is 25.0 Å². The number of rotatable bonds is 6. The Bertz CT molecular complexity index is 1080. The van der Waals surface area contributed by atoms with Gasteiger partial charge in [0.1, 0.15) is 5.69 Å². The summed E-state index contributed by atoms with van der Waals surface area (Å²) in [7, 11) is 1.92. The van der Waals surface area contributed by atoms with Gasteiger partial charge in [-0.3, -0.25) is 4.79 Å². The Balaban J connectivity index is 2.02. The minimum Gasteiger partial charge on any atom is -0.449 e. The van der Waals surface area contributed by atoms with Crippen molar-refractivity contribution in [1.82, 2.24) is 9.47 Å². The lowest BCUT2D eigenvalue weighted by molar-refractivity contribution is 0.143. The summed E-state index contributed by atoms with van der Waals surface area (Å²) in [5.41, 5.74) is -1.53. The van der Waals surface area contributed by atoms with Crippen molar-refractivity contribution in [3.63, 3.8) is 0 Å². The van der Waals surface area contributed by atoms with E-state index in [9.17, 15) is 14.7 Å². The lowest BCUT2D eigenvalue weighted by Gasteiger charge is -2.35. The number of ether oxygens (including phenoxy) is 1. The van der Waals surface area contributed by atoms with Crippen LogP contribution in [0.2, 0.25) is 0 Å². The SMILES string of the molecule is CN1CCN(c2c(F)c(NCCO)c3c(=O)c(OC(=O)O)cn(C4CC4)c3c2F)CC1. The quantitative estimate of drug-likeness (QED) is 0.587. The van der Waals surface area contributed by atoms with Crippen LogP contribution in [0.3, 0.4) is 0 Å². The maximum Gasteiger partial charge on any atom is 0.511 e. The molecular formula is C20H24F2N4O5. The van der Waals surface area contributed by atoms with Crippen LogP contribution in [0.25, 0.3) is 10.9 Å². The molecule has 0 atom stereocenters. The van der Waals surface area contributed by atoms with Gasteiger partial charge in [-0.25, -0.2) is 13.6 Å². The van der Waals surface area contributed by atoms with Gasteiger partial charge in [0.2, 0.25) is 5.43 Å². The summed E-state index contributed by atoms with van der Waals surface area (Å²) < 4.78 is 37.6. The van der Waals surface area contributed by atoms with Gasteiger partial charge in [-0.1, -0.05) is 0 Å².